The second kappa shape index (κ2) is 8.13. The largest absolute Gasteiger partial charge is 0.445 e. The Morgan fingerprint density at radius 1 is 1.24 bits per heavy atom. The van der Waals surface area contributed by atoms with Gasteiger partial charge in [0.15, 0.2) is 0 Å². The van der Waals surface area contributed by atoms with Gasteiger partial charge in [0.05, 0.1) is 4.88 Å². The van der Waals surface area contributed by atoms with Gasteiger partial charge in [0.25, 0.3) is 0 Å². The van der Waals surface area contributed by atoms with Gasteiger partial charge in [-0.05, 0) is 24.6 Å². The maximum atomic E-state index is 11.5. The molecule has 1 heterocycles. The van der Waals surface area contributed by atoms with Crippen LogP contribution in [0.2, 0.25) is 0 Å². The molecule has 3 nitrogen and oxygen atoms in total. The molecular weight excluding hydrogens is 282 g/mol. The van der Waals surface area contributed by atoms with Crippen LogP contribution in [0.1, 0.15) is 21.7 Å². The van der Waals surface area contributed by atoms with Crippen molar-refractivity contribution in [3.8, 4) is 11.8 Å². The highest BCUT2D eigenvalue weighted by Gasteiger charge is 2.00. The van der Waals surface area contributed by atoms with Crippen LogP contribution in [0, 0.1) is 18.8 Å². The first-order chi connectivity index (χ1) is 10.2. The summed E-state index contributed by atoms with van der Waals surface area (Å²) in [5.74, 6) is 6.11. The van der Waals surface area contributed by atoms with Crippen molar-refractivity contribution in [3.63, 3.8) is 0 Å². The zero-order valence-corrected chi connectivity index (χ0v) is 12.7. The molecule has 0 aliphatic rings. The smallest absolute Gasteiger partial charge is 0.407 e. The highest BCUT2D eigenvalue weighted by molar-refractivity contribution is 7.12. The molecule has 0 radical (unpaired) electrons. The minimum Gasteiger partial charge on any atom is -0.445 e. The average molecular weight is 299 g/mol. The molecule has 21 heavy (non-hydrogen) atoms. The third-order valence-corrected chi connectivity index (χ3v) is 3.60. The van der Waals surface area contributed by atoms with Gasteiger partial charge in [-0.2, -0.15) is 0 Å². The number of aryl methyl sites for hydroxylation is 1. The highest BCUT2D eigenvalue weighted by atomic mass is 32.1. The standard InChI is InChI=1S/C17H17NO2S/c1-14-10-11-16(21-14)9-5-6-12-18-17(19)20-13-15-7-3-2-4-8-15/h2-4,7-8,10-11H,6,12-13H2,1H3,(H,18,19). The quantitative estimate of drug-likeness (QED) is 0.690. The topological polar surface area (TPSA) is 38.3 Å². The maximum absolute atomic E-state index is 11.5. The molecule has 1 amide bonds. The van der Waals surface area contributed by atoms with Crippen LogP contribution >= 0.6 is 11.3 Å². The van der Waals surface area contributed by atoms with E-state index < -0.39 is 6.09 Å². The van der Waals surface area contributed by atoms with E-state index >= 15 is 0 Å². The van der Waals surface area contributed by atoms with E-state index in [1.807, 2.05) is 42.5 Å². The highest BCUT2D eigenvalue weighted by Crippen LogP contribution is 2.13. The molecule has 4 heteroatoms. The van der Waals surface area contributed by atoms with E-state index in [4.69, 9.17) is 4.74 Å². The lowest BCUT2D eigenvalue weighted by Crippen LogP contribution is -2.24. The number of thiophene rings is 1. The Morgan fingerprint density at radius 2 is 2.05 bits per heavy atom. The molecule has 1 aromatic carbocycles. The third kappa shape index (κ3) is 5.72. The van der Waals surface area contributed by atoms with Crippen LogP contribution in [0.15, 0.2) is 42.5 Å². The van der Waals surface area contributed by atoms with E-state index in [1.54, 1.807) is 11.3 Å². The number of ether oxygens (including phenoxy) is 1. The predicted octanol–water partition coefficient (Wildman–Crippen LogP) is 3.72. The Balaban J connectivity index is 1.62. The van der Waals surface area contributed by atoms with Gasteiger partial charge in [0.2, 0.25) is 0 Å². The first-order valence-corrected chi connectivity index (χ1v) is 7.55. The molecule has 0 unspecified atom stereocenters. The first-order valence-electron chi connectivity index (χ1n) is 6.74. The monoisotopic (exact) mass is 299 g/mol. The number of carbonyl (C=O) groups is 1. The fourth-order valence-corrected chi connectivity index (χ4v) is 2.39. The Kier molecular flexibility index (Phi) is 5.86. The SMILES string of the molecule is Cc1ccc(C#CCCNC(=O)OCc2ccccc2)s1. The zero-order chi connectivity index (χ0) is 14.9. The number of hydrogen-bond acceptors (Lipinski definition) is 3. The summed E-state index contributed by atoms with van der Waals surface area (Å²) in [6.07, 6.45) is 0.199. The molecule has 0 saturated carbocycles. The minimum atomic E-state index is -0.410. The summed E-state index contributed by atoms with van der Waals surface area (Å²) in [6, 6.07) is 13.7. The van der Waals surface area contributed by atoms with Crippen molar-refractivity contribution in [2.75, 3.05) is 6.54 Å². The molecule has 108 valence electrons. The van der Waals surface area contributed by atoms with Gasteiger partial charge in [-0.3, -0.25) is 0 Å². The number of nitrogens with one attached hydrogen (secondary N) is 1. The van der Waals surface area contributed by atoms with Crippen LogP contribution in [0.3, 0.4) is 0 Å². The molecule has 0 fully saturated rings. The fourth-order valence-electron chi connectivity index (χ4n) is 1.65. The maximum Gasteiger partial charge on any atom is 0.407 e. The summed E-state index contributed by atoms with van der Waals surface area (Å²) in [5.41, 5.74) is 0.973. The molecule has 1 N–H and O–H groups in total. The first kappa shape index (κ1) is 15.1. The summed E-state index contributed by atoms with van der Waals surface area (Å²) >= 11 is 1.67. The van der Waals surface area contributed by atoms with E-state index in [0.717, 1.165) is 10.4 Å². The number of rotatable bonds is 4. The van der Waals surface area contributed by atoms with Gasteiger partial charge >= 0.3 is 6.09 Å². The van der Waals surface area contributed by atoms with E-state index in [1.165, 1.54) is 4.88 Å². The lowest BCUT2D eigenvalue weighted by Gasteiger charge is -2.05. The molecule has 0 bridgehead atoms. The normalized spacial score (nSPS) is 9.57. The van der Waals surface area contributed by atoms with E-state index in [-0.39, 0.29) is 6.61 Å². The fraction of sp³-hybridized carbons (Fsp3) is 0.235. The molecule has 0 spiro atoms. The average Bonchev–Trinajstić information content (AvgIpc) is 2.91. The second-order valence-corrected chi connectivity index (χ2v) is 5.74. The number of carbonyl (C=O) groups excluding carboxylic acids is 1. The van der Waals surface area contributed by atoms with Gasteiger partial charge in [-0.25, -0.2) is 4.79 Å². The van der Waals surface area contributed by atoms with Gasteiger partial charge < -0.3 is 10.1 Å². The van der Waals surface area contributed by atoms with Crippen molar-refractivity contribution in [3.05, 3.63) is 57.8 Å². The molecule has 0 aliphatic carbocycles. The van der Waals surface area contributed by atoms with Crippen LogP contribution in [0.25, 0.3) is 0 Å². The second-order valence-electron chi connectivity index (χ2n) is 4.45. The molecule has 2 rings (SSSR count). The zero-order valence-electron chi connectivity index (χ0n) is 11.9. The van der Waals surface area contributed by atoms with E-state index in [2.05, 4.69) is 24.1 Å². The lowest BCUT2D eigenvalue weighted by atomic mass is 10.2. The van der Waals surface area contributed by atoms with Crippen LogP contribution in [0.5, 0.6) is 0 Å². The Bertz CT molecular complexity index is 638. The van der Waals surface area contributed by atoms with Crippen molar-refractivity contribution in [2.45, 2.75) is 20.0 Å². The van der Waals surface area contributed by atoms with Crippen LogP contribution < -0.4 is 5.32 Å². The van der Waals surface area contributed by atoms with Crippen molar-refractivity contribution in [1.29, 1.82) is 0 Å². The van der Waals surface area contributed by atoms with Crippen molar-refractivity contribution < 1.29 is 9.53 Å². The number of amides is 1. The summed E-state index contributed by atoms with van der Waals surface area (Å²) < 4.78 is 5.10. The summed E-state index contributed by atoms with van der Waals surface area (Å²) in [4.78, 5) is 13.8. The molecule has 0 atom stereocenters. The minimum absolute atomic E-state index is 0.285. The van der Waals surface area contributed by atoms with Gasteiger partial charge in [-0.1, -0.05) is 42.2 Å². The van der Waals surface area contributed by atoms with Gasteiger partial charge in [0, 0.05) is 17.8 Å². The summed E-state index contributed by atoms with van der Waals surface area (Å²) in [5, 5.41) is 2.68. The number of hydrogen-bond donors (Lipinski definition) is 1. The Labute approximate surface area is 129 Å². The Morgan fingerprint density at radius 3 is 2.76 bits per heavy atom. The Hall–Kier alpha value is -2.25. The number of benzene rings is 1. The van der Waals surface area contributed by atoms with Crippen LogP contribution in [-0.4, -0.2) is 12.6 Å². The van der Waals surface area contributed by atoms with Gasteiger partial charge in [-0.15, -0.1) is 11.3 Å². The molecular formula is C17H17NO2S. The molecule has 2 aromatic rings. The molecule has 0 saturated heterocycles. The molecule has 1 aromatic heterocycles. The van der Waals surface area contributed by atoms with Crippen molar-refractivity contribution in [2.24, 2.45) is 0 Å². The summed E-state index contributed by atoms with van der Waals surface area (Å²) in [7, 11) is 0. The van der Waals surface area contributed by atoms with Crippen molar-refractivity contribution >= 4 is 17.4 Å². The molecule has 0 aliphatic heterocycles. The third-order valence-electron chi connectivity index (χ3n) is 2.68. The van der Waals surface area contributed by atoms with E-state index in [0.29, 0.717) is 13.0 Å². The van der Waals surface area contributed by atoms with E-state index in [9.17, 15) is 4.79 Å². The van der Waals surface area contributed by atoms with Crippen LogP contribution in [-0.2, 0) is 11.3 Å². The van der Waals surface area contributed by atoms with Crippen LogP contribution in [0.4, 0.5) is 4.79 Å². The summed E-state index contributed by atoms with van der Waals surface area (Å²) in [6.45, 7) is 2.83. The van der Waals surface area contributed by atoms with Gasteiger partial charge in [0.1, 0.15) is 6.61 Å². The van der Waals surface area contributed by atoms with Crippen molar-refractivity contribution in [1.82, 2.24) is 5.32 Å². The predicted molar refractivity (Wildman–Crippen MR) is 85.2 cm³/mol. The number of alkyl carbamates (subject to hydrolysis) is 1. The lowest BCUT2D eigenvalue weighted by molar-refractivity contribution is 0.140.